The zero-order chi connectivity index (χ0) is 24.8. The Kier molecular flexibility index (Phi) is 6.07. The zero-order valence-electron chi connectivity index (χ0n) is 19.4. The van der Waals surface area contributed by atoms with Gasteiger partial charge in [0.1, 0.15) is 11.6 Å². The molecule has 3 fully saturated rings. The Morgan fingerprint density at radius 2 is 1.83 bits per heavy atom. The highest BCUT2D eigenvalue weighted by Crippen LogP contribution is 2.63. The van der Waals surface area contributed by atoms with Gasteiger partial charge in [0.2, 0.25) is 17.7 Å². The van der Waals surface area contributed by atoms with Gasteiger partial charge >= 0.3 is 0 Å². The largest absolute Gasteiger partial charge is 0.395 e. The molecule has 8 nitrogen and oxygen atoms in total. The van der Waals surface area contributed by atoms with Crippen molar-refractivity contribution < 1.29 is 24.2 Å². The minimum atomic E-state index is -1.15. The van der Waals surface area contributed by atoms with Gasteiger partial charge in [-0.2, -0.15) is 0 Å². The number of aliphatic hydroxyl groups excluding tert-OH is 1. The summed E-state index contributed by atoms with van der Waals surface area (Å²) in [5.41, 5.74) is -0.649. The van der Waals surface area contributed by atoms with E-state index in [1.54, 1.807) is 24.3 Å². The Balaban J connectivity index is 1.45. The fourth-order valence-electron chi connectivity index (χ4n) is 6.13. The molecule has 5 atom stereocenters. The van der Waals surface area contributed by atoms with Crippen LogP contribution in [0.15, 0.2) is 54.6 Å². The summed E-state index contributed by atoms with van der Waals surface area (Å²) < 4.78 is 6.51. The summed E-state index contributed by atoms with van der Waals surface area (Å²) in [6.07, 6.45) is 1.01. The quantitative estimate of drug-likeness (QED) is 0.544. The molecule has 0 radical (unpaired) electrons. The average molecular weight is 498 g/mol. The first-order chi connectivity index (χ1) is 16.8. The molecule has 3 saturated heterocycles. The van der Waals surface area contributed by atoms with Crippen LogP contribution in [0.4, 0.5) is 5.69 Å². The molecule has 3 amide bonds. The van der Waals surface area contributed by atoms with E-state index in [0.29, 0.717) is 30.1 Å². The van der Waals surface area contributed by atoms with Crippen molar-refractivity contribution in [3.8, 4) is 0 Å². The van der Waals surface area contributed by atoms with Crippen molar-refractivity contribution in [2.24, 2.45) is 11.8 Å². The molecule has 2 unspecified atom stereocenters. The van der Waals surface area contributed by atoms with Crippen molar-refractivity contribution in [3.63, 3.8) is 0 Å². The molecule has 3 N–H and O–H groups in total. The summed E-state index contributed by atoms with van der Waals surface area (Å²) >= 11 is 6.24. The molecule has 5 rings (SSSR count). The molecule has 0 aromatic heterocycles. The number of nitrogens with zero attached hydrogens (tertiary/aromatic N) is 1. The highest BCUT2D eigenvalue weighted by molar-refractivity contribution is 6.33. The number of benzene rings is 2. The average Bonchev–Trinajstić information content (AvgIpc) is 3.41. The van der Waals surface area contributed by atoms with Crippen LogP contribution in [0.25, 0.3) is 0 Å². The standard InChI is InChI=1S/C26H28ClN3O5/c1-25-11-12-26(35-25)20(19(25)22(32)28-15-16-7-3-2-4-8-16)24(34)30(13-14-31)21(26)23(33)29-18-10-6-5-9-17(18)27/h2-10,19-21,31H,11-15H2,1H3,(H,28,32)(H,29,33)/t19-,20-,21?,25+,26?/m0/s1. The van der Waals surface area contributed by atoms with Gasteiger partial charge in [0.15, 0.2) is 0 Å². The lowest BCUT2D eigenvalue weighted by molar-refractivity contribution is -0.145. The number of halogens is 1. The first-order valence-corrected chi connectivity index (χ1v) is 12.2. The first kappa shape index (κ1) is 23.8. The third kappa shape index (κ3) is 3.80. The lowest BCUT2D eigenvalue weighted by Gasteiger charge is -2.33. The number of anilines is 1. The molecule has 2 aromatic carbocycles. The maximum atomic E-state index is 13.7. The van der Waals surface area contributed by atoms with Gasteiger partial charge in [0, 0.05) is 13.1 Å². The number of nitrogens with one attached hydrogen (secondary N) is 2. The zero-order valence-corrected chi connectivity index (χ0v) is 20.1. The number of carbonyl (C=O) groups excluding carboxylic acids is 3. The second-order valence-electron chi connectivity index (χ2n) is 9.66. The number of amides is 3. The topological polar surface area (TPSA) is 108 Å². The van der Waals surface area contributed by atoms with Crippen molar-refractivity contribution >= 4 is 35.0 Å². The van der Waals surface area contributed by atoms with Gasteiger partial charge in [-0.3, -0.25) is 14.4 Å². The summed E-state index contributed by atoms with van der Waals surface area (Å²) in [5, 5.41) is 15.8. The number of likely N-dealkylation sites (tertiary alicyclic amines) is 1. The highest BCUT2D eigenvalue weighted by atomic mass is 35.5. The third-order valence-corrected chi connectivity index (χ3v) is 7.92. The molecule has 2 aromatic rings. The van der Waals surface area contributed by atoms with Crippen LogP contribution in [0.3, 0.4) is 0 Å². The maximum absolute atomic E-state index is 13.7. The van der Waals surface area contributed by atoms with Gasteiger partial charge in [-0.25, -0.2) is 0 Å². The van der Waals surface area contributed by atoms with Crippen LogP contribution in [0, 0.1) is 11.8 Å². The van der Waals surface area contributed by atoms with Crippen LogP contribution in [0.1, 0.15) is 25.3 Å². The fourth-order valence-corrected chi connectivity index (χ4v) is 6.32. The van der Waals surface area contributed by atoms with Gasteiger partial charge in [0.25, 0.3) is 0 Å². The molecular weight excluding hydrogens is 470 g/mol. The minimum absolute atomic E-state index is 0.0316. The van der Waals surface area contributed by atoms with Crippen LogP contribution in [-0.4, -0.2) is 58.1 Å². The highest BCUT2D eigenvalue weighted by Gasteiger charge is 2.77. The van der Waals surface area contributed by atoms with Gasteiger partial charge in [-0.05, 0) is 37.5 Å². The summed E-state index contributed by atoms with van der Waals surface area (Å²) in [5.74, 6) is -2.62. The Hall–Kier alpha value is -2.94. The number of fused-ring (bicyclic) bond motifs is 1. The van der Waals surface area contributed by atoms with Gasteiger partial charge in [0.05, 0.1) is 34.8 Å². The number of carbonyl (C=O) groups is 3. The van der Waals surface area contributed by atoms with Gasteiger partial charge in [-0.15, -0.1) is 0 Å². The van der Waals surface area contributed by atoms with Crippen LogP contribution < -0.4 is 10.6 Å². The summed E-state index contributed by atoms with van der Waals surface area (Å²) in [7, 11) is 0. The Bertz CT molecular complexity index is 1160. The molecule has 0 saturated carbocycles. The Labute approximate surface area is 208 Å². The molecule has 184 valence electrons. The van der Waals surface area contributed by atoms with E-state index in [2.05, 4.69) is 10.6 Å². The van der Waals surface area contributed by atoms with E-state index < -0.39 is 35.0 Å². The van der Waals surface area contributed by atoms with Crippen LogP contribution in [0.2, 0.25) is 5.02 Å². The molecule has 0 aliphatic carbocycles. The van der Waals surface area contributed by atoms with Crippen molar-refractivity contribution in [2.45, 2.75) is 43.6 Å². The van der Waals surface area contributed by atoms with Crippen molar-refractivity contribution in [1.29, 1.82) is 0 Å². The van der Waals surface area contributed by atoms with Crippen LogP contribution >= 0.6 is 11.6 Å². The van der Waals surface area contributed by atoms with E-state index >= 15 is 0 Å². The van der Waals surface area contributed by atoms with E-state index in [1.807, 2.05) is 37.3 Å². The Morgan fingerprint density at radius 3 is 2.54 bits per heavy atom. The smallest absolute Gasteiger partial charge is 0.250 e. The monoisotopic (exact) mass is 497 g/mol. The van der Waals surface area contributed by atoms with E-state index in [1.165, 1.54) is 4.90 Å². The summed E-state index contributed by atoms with van der Waals surface area (Å²) in [6, 6.07) is 15.4. The van der Waals surface area contributed by atoms with Crippen molar-refractivity contribution in [1.82, 2.24) is 10.2 Å². The van der Waals surface area contributed by atoms with Crippen LogP contribution in [-0.2, 0) is 25.7 Å². The van der Waals surface area contributed by atoms with Crippen LogP contribution in [0.5, 0.6) is 0 Å². The second kappa shape index (κ2) is 8.93. The summed E-state index contributed by atoms with van der Waals surface area (Å²) in [4.78, 5) is 42.1. The number of hydrogen-bond donors (Lipinski definition) is 3. The van der Waals surface area contributed by atoms with E-state index in [0.717, 1.165) is 5.56 Å². The molecular formula is C26H28ClN3O5. The van der Waals surface area contributed by atoms with E-state index in [4.69, 9.17) is 16.3 Å². The third-order valence-electron chi connectivity index (χ3n) is 7.59. The number of aliphatic hydroxyl groups is 1. The molecule has 3 heterocycles. The second-order valence-corrected chi connectivity index (χ2v) is 10.1. The van der Waals surface area contributed by atoms with E-state index in [-0.39, 0.29) is 25.0 Å². The Morgan fingerprint density at radius 1 is 1.11 bits per heavy atom. The van der Waals surface area contributed by atoms with E-state index in [9.17, 15) is 19.5 Å². The maximum Gasteiger partial charge on any atom is 0.250 e. The number of β-amino-alcohol motifs (C(OH)–C–C–N with tert-alkyl or cyclic N) is 1. The predicted octanol–water partition coefficient (Wildman–Crippen LogP) is 2.35. The fraction of sp³-hybridized carbons (Fsp3) is 0.423. The van der Waals surface area contributed by atoms with Gasteiger partial charge < -0.3 is 25.4 Å². The molecule has 3 aliphatic rings. The molecule has 3 aliphatic heterocycles. The number of rotatable bonds is 7. The van der Waals surface area contributed by atoms with Crippen molar-refractivity contribution in [3.05, 3.63) is 65.2 Å². The summed E-state index contributed by atoms with van der Waals surface area (Å²) in [6.45, 7) is 1.83. The lowest BCUT2D eigenvalue weighted by Crippen LogP contribution is -2.53. The molecule has 35 heavy (non-hydrogen) atoms. The van der Waals surface area contributed by atoms with Gasteiger partial charge in [-0.1, -0.05) is 54.1 Å². The molecule has 2 bridgehead atoms. The SMILES string of the molecule is C[C@]12CCC3(O1)C(C(=O)Nc1ccccc1Cl)N(CCO)C(=O)[C@@H]3[C@H]2C(=O)NCc1ccccc1. The molecule has 9 heteroatoms. The normalized spacial score (nSPS) is 30.9. The van der Waals surface area contributed by atoms with Crippen molar-refractivity contribution in [2.75, 3.05) is 18.5 Å². The lowest BCUT2D eigenvalue weighted by atomic mass is 9.66. The number of para-hydroxylation sites is 1. The minimum Gasteiger partial charge on any atom is -0.395 e. The molecule has 1 spiro atoms. The number of ether oxygens (including phenoxy) is 1. The predicted molar refractivity (Wildman–Crippen MR) is 129 cm³/mol. The number of hydrogen-bond acceptors (Lipinski definition) is 5. The first-order valence-electron chi connectivity index (χ1n) is 11.8.